The molecule has 0 unspecified atom stereocenters. The van der Waals surface area contributed by atoms with Crippen molar-refractivity contribution in [2.75, 3.05) is 37.4 Å². The van der Waals surface area contributed by atoms with E-state index in [0.29, 0.717) is 34.3 Å². The molecule has 3 heterocycles. The van der Waals surface area contributed by atoms with Crippen molar-refractivity contribution in [1.29, 1.82) is 0 Å². The maximum atomic E-state index is 13.5. The minimum Gasteiger partial charge on any atom is -0.355 e. The van der Waals surface area contributed by atoms with E-state index >= 15 is 0 Å². The average molecular weight is 548 g/mol. The zero-order chi connectivity index (χ0) is 28.3. The molecule has 7 nitrogen and oxygen atoms in total. The van der Waals surface area contributed by atoms with Crippen LogP contribution in [0.1, 0.15) is 36.9 Å². The molecule has 2 aromatic heterocycles. The van der Waals surface area contributed by atoms with Crippen LogP contribution < -0.4 is 10.2 Å². The Morgan fingerprint density at radius 3 is 2.45 bits per heavy atom. The Balaban J connectivity index is 1.54. The topological polar surface area (TPSA) is 70.1 Å². The first-order valence-corrected chi connectivity index (χ1v) is 13.3. The lowest BCUT2D eigenvalue weighted by Gasteiger charge is -2.35. The summed E-state index contributed by atoms with van der Waals surface area (Å²) in [4.78, 5) is 13.6. The van der Waals surface area contributed by atoms with Crippen LogP contribution in [0.5, 0.6) is 0 Å². The van der Waals surface area contributed by atoms with Crippen molar-refractivity contribution in [3.63, 3.8) is 0 Å². The van der Waals surface area contributed by atoms with Crippen LogP contribution in [0.25, 0.3) is 22.5 Å². The number of halogens is 3. The van der Waals surface area contributed by atoms with Crippen LogP contribution in [-0.2, 0) is 6.18 Å². The monoisotopic (exact) mass is 547 g/mol. The first-order valence-electron chi connectivity index (χ1n) is 13.3. The van der Waals surface area contributed by atoms with Gasteiger partial charge in [0.2, 0.25) is 5.95 Å². The maximum Gasteiger partial charge on any atom is 0.416 e. The van der Waals surface area contributed by atoms with Gasteiger partial charge in [-0.2, -0.15) is 13.2 Å². The summed E-state index contributed by atoms with van der Waals surface area (Å²) in [6.45, 7) is 3.98. The lowest BCUT2D eigenvalue weighted by atomic mass is 10.0. The molecule has 0 saturated carbocycles. The van der Waals surface area contributed by atoms with E-state index in [1.165, 1.54) is 6.07 Å². The van der Waals surface area contributed by atoms with Crippen molar-refractivity contribution < 1.29 is 13.2 Å². The summed E-state index contributed by atoms with van der Waals surface area (Å²) < 4.78 is 40.6. The molecule has 0 aliphatic carbocycles. The number of alkyl halides is 3. The number of benzene rings is 2. The molecule has 208 valence electrons. The van der Waals surface area contributed by atoms with Crippen molar-refractivity contribution in [3.8, 4) is 22.5 Å². The summed E-state index contributed by atoms with van der Waals surface area (Å²) in [6, 6.07) is 18.9. The largest absolute Gasteiger partial charge is 0.416 e. The van der Waals surface area contributed by atoms with Crippen LogP contribution in [0.15, 0.2) is 72.9 Å². The van der Waals surface area contributed by atoms with Crippen molar-refractivity contribution in [2.45, 2.75) is 38.0 Å². The third-order valence-electron chi connectivity index (χ3n) is 7.42. The predicted molar refractivity (Wildman–Crippen MR) is 151 cm³/mol. The number of nitrogens with zero attached hydrogens (tertiary/aromatic N) is 6. The van der Waals surface area contributed by atoms with Gasteiger partial charge in [-0.1, -0.05) is 42.5 Å². The van der Waals surface area contributed by atoms with Crippen LogP contribution in [0.3, 0.4) is 0 Å². The Hall–Kier alpha value is -4.05. The molecule has 1 fully saturated rings. The predicted octanol–water partition coefficient (Wildman–Crippen LogP) is 6.32. The number of anilines is 2. The van der Waals surface area contributed by atoms with Gasteiger partial charge in [0.15, 0.2) is 5.82 Å². The molecular weight excluding hydrogens is 515 g/mol. The van der Waals surface area contributed by atoms with E-state index in [1.54, 1.807) is 18.3 Å². The van der Waals surface area contributed by atoms with Crippen molar-refractivity contribution in [2.24, 2.45) is 0 Å². The minimum atomic E-state index is -4.47. The summed E-state index contributed by atoms with van der Waals surface area (Å²) in [5, 5.41) is 12.3. The second-order valence-electron chi connectivity index (χ2n) is 10.2. The molecule has 40 heavy (non-hydrogen) atoms. The van der Waals surface area contributed by atoms with Gasteiger partial charge in [0.25, 0.3) is 0 Å². The highest BCUT2D eigenvalue weighted by Crippen LogP contribution is 2.36. The van der Waals surface area contributed by atoms with Gasteiger partial charge in [-0.25, -0.2) is 9.97 Å². The summed E-state index contributed by atoms with van der Waals surface area (Å²) in [6.07, 6.45) is -0.868. The molecule has 0 spiro atoms. The third-order valence-corrected chi connectivity index (χ3v) is 7.42. The number of hydrogen-bond donors (Lipinski definition) is 1. The van der Waals surface area contributed by atoms with E-state index < -0.39 is 11.7 Å². The van der Waals surface area contributed by atoms with E-state index in [-0.39, 0.29) is 12.1 Å². The van der Waals surface area contributed by atoms with E-state index in [1.807, 2.05) is 50.4 Å². The third kappa shape index (κ3) is 6.22. The smallest absolute Gasteiger partial charge is 0.355 e. The first-order chi connectivity index (χ1) is 19.2. The molecule has 0 radical (unpaired) electrons. The van der Waals surface area contributed by atoms with Gasteiger partial charge < -0.3 is 15.1 Å². The summed E-state index contributed by atoms with van der Waals surface area (Å²) in [5.41, 5.74) is 2.10. The minimum absolute atomic E-state index is 0.0546. The van der Waals surface area contributed by atoms with Gasteiger partial charge in [-0.15, -0.1) is 10.2 Å². The fraction of sp³-hybridized carbons (Fsp3) is 0.333. The Morgan fingerprint density at radius 2 is 1.73 bits per heavy atom. The van der Waals surface area contributed by atoms with Crippen molar-refractivity contribution in [3.05, 3.63) is 84.1 Å². The molecule has 1 aliphatic heterocycles. The fourth-order valence-electron chi connectivity index (χ4n) is 4.97. The van der Waals surface area contributed by atoms with Crippen LogP contribution in [0.4, 0.5) is 24.9 Å². The molecular formula is C30H32F3N7. The molecule has 0 amide bonds. The molecule has 5 rings (SSSR count). The van der Waals surface area contributed by atoms with Gasteiger partial charge in [0.1, 0.15) is 5.69 Å². The summed E-state index contributed by atoms with van der Waals surface area (Å²) in [5.74, 6) is 1.05. The van der Waals surface area contributed by atoms with E-state index in [2.05, 4.69) is 37.3 Å². The van der Waals surface area contributed by atoms with Crippen molar-refractivity contribution >= 4 is 11.8 Å². The highest BCUT2D eigenvalue weighted by atomic mass is 19.4. The highest BCUT2D eigenvalue weighted by Gasteiger charge is 2.31. The number of aromatic nitrogens is 4. The number of likely N-dealkylation sites (tertiary alicyclic amines) is 1. The molecule has 2 aromatic carbocycles. The Labute approximate surface area is 232 Å². The second-order valence-corrected chi connectivity index (χ2v) is 10.2. The van der Waals surface area contributed by atoms with E-state index in [9.17, 15) is 13.2 Å². The van der Waals surface area contributed by atoms with Crippen molar-refractivity contribution in [1.82, 2.24) is 25.1 Å². The Morgan fingerprint density at radius 1 is 0.975 bits per heavy atom. The molecule has 0 bridgehead atoms. The van der Waals surface area contributed by atoms with Crippen LogP contribution >= 0.6 is 0 Å². The second kappa shape index (κ2) is 11.6. The quantitative estimate of drug-likeness (QED) is 0.290. The fourth-order valence-corrected chi connectivity index (χ4v) is 4.97. The molecule has 1 N–H and O–H groups in total. The Kier molecular flexibility index (Phi) is 7.97. The molecule has 10 heteroatoms. The van der Waals surface area contributed by atoms with Gasteiger partial charge in [0.05, 0.1) is 17.3 Å². The number of hydrogen-bond acceptors (Lipinski definition) is 7. The van der Waals surface area contributed by atoms with Gasteiger partial charge in [-0.3, -0.25) is 0 Å². The van der Waals surface area contributed by atoms with E-state index in [4.69, 9.17) is 4.98 Å². The molecule has 1 atom stereocenters. The number of piperidine rings is 1. The van der Waals surface area contributed by atoms with Crippen LogP contribution in [-0.4, -0.2) is 58.3 Å². The zero-order valence-electron chi connectivity index (χ0n) is 22.7. The normalized spacial score (nSPS) is 15.6. The number of nitrogens with one attached hydrogen (secondary N) is 1. The van der Waals surface area contributed by atoms with E-state index in [0.717, 1.165) is 43.6 Å². The summed E-state index contributed by atoms with van der Waals surface area (Å²) >= 11 is 0. The lowest BCUT2D eigenvalue weighted by molar-refractivity contribution is -0.137. The number of rotatable bonds is 7. The zero-order valence-corrected chi connectivity index (χ0v) is 22.7. The summed E-state index contributed by atoms with van der Waals surface area (Å²) in [7, 11) is 4.10. The van der Waals surface area contributed by atoms with Gasteiger partial charge >= 0.3 is 6.18 Å². The standard InChI is InChI=1S/C30H32F3N7/c1-20(21-8-5-4-6-9-21)35-29-34-15-12-26(36-29)25-19-27(40(3)24-13-16-39(2)17-14-24)37-38-28(25)22-10-7-11-23(18-22)30(31,32)33/h4-12,15,18-20,24H,13-14,16-17H2,1-3H3,(H,34,35,36)/t20-/m0/s1. The van der Waals surface area contributed by atoms with Gasteiger partial charge in [0, 0.05) is 30.4 Å². The van der Waals surface area contributed by atoms with Gasteiger partial charge in [-0.05, 0) is 69.7 Å². The lowest BCUT2D eigenvalue weighted by Crippen LogP contribution is -2.42. The molecule has 1 saturated heterocycles. The molecule has 4 aromatic rings. The maximum absolute atomic E-state index is 13.5. The molecule has 1 aliphatic rings. The average Bonchev–Trinajstić information content (AvgIpc) is 2.97. The SMILES string of the molecule is C[C@H](Nc1nccc(-c2cc(N(C)C3CCN(C)CC3)nnc2-c2cccc(C(F)(F)F)c2)n1)c1ccccc1. The highest BCUT2D eigenvalue weighted by molar-refractivity contribution is 5.81. The first kappa shape index (κ1) is 27.5. The Bertz CT molecular complexity index is 1440. The van der Waals surface area contributed by atoms with Crippen LogP contribution in [0, 0.1) is 0 Å². The van der Waals surface area contributed by atoms with Crippen LogP contribution in [0.2, 0.25) is 0 Å².